The molecule has 2 aliphatic heterocycles. The molecule has 0 bridgehead atoms. The number of benzene rings is 6. The molecular formula is C48H46B2N4. The topological polar surface area (TPSA) is 13.0 Å². The second-order valence-electron chi connectivity index (χ2n) is 13.3. The molecule has 0 radical (unpaired) electrons. The van der Waals surface area contributed by atoms with Crippen molar-refractivity contribution in [3.63, 3.8) is 0 Å². The van der Waals surface area contributed by atoms with Crippen molar-refractivity contribution in [2.45, 2.75) is 27.7 Å². The van der Waals surface area contributed by atoms with Crippen molar-refractivity contribution in [1.82, 2.24) is 0 Å². The van der Waals surface area contributed by atoms with E-state index in [1.54, 1.807) is 0 Å². The monoisotopic (exact) mass is 700 g/mol. The summed E-state index contributed by atoms with van der Waals surface area (Å²) in [5, 5.41) is 0. The van der Waals surface area contributed by atoms with Gasteiger partial charge in [-0.2, -0.15) is 0 Å². The van der Waals surface area contributed by atoms with Gasteiger partial charge in [0.15, 0.2) is 0 Å². The fourth-order valence-electron chi connectivity index (χ4n) is 7.67. The predicted octanol–water partition coefficient (Wildman–Crippen LogP) is 8.30. The summed E-state index contributed by atoms with van der Waals surface area (Å²) in [6.07, 6.45) is 0. The Kier molecular flexibility index (Phi) is 11.4. The highest BCUT2D eigenvalue weighted by Crippen LogP contribution is 2.38. The average Bonchev–Trinajstić information content (AvgIpc) is 3.75. The Bertz CT molecular complexity index is 2040. The molecular weight excluding hydrogens is 654 g/mol. The van der Waals surface area contributed by atoms with Gasteiger partial charge in [-0.3, -0.25) is 0 Å². The standard InChI is InChI=1S/2C24H23BN2/c2*1-3-26-23-12-8-9-13-24(23)27(4-2)25(26)22-18-16-21(17-19-22)15-14-20-10-6-5-7-11-20/h2*5-13,16-19H,3-4H2,1-2H3. The Labute approximate surface area is 323 Å². The van der Waals surface area contributed by atoms with Crippen molar-refractivity contribution < 1.29 is 0 Å². The molecule has 0 unspecified atom stereocenters. The van der Waals surface area contributed by atoms with E-state index in [1.165, 1.54) is 33.7 Å². The fraction of sp³-hybridized carbons (Fsp3) is 0.167. The first kappa shape index (κ1) is 36.1. The molecule has 2 aliphatic rings. The number of nitrogens with zero attached hydrogens (tertiary/aromatic N) is 4. The van der Waals surface area contributed by atoms with Crippen LogP contribution in [0, 0.1) is 23.7 Å². The average molecular weight is 701 g/mol. The summed E-state index contributed by atoms with van der Waals surface area (Å²) in [6, 6.07) is 55.1. The second kappa shape index (κ2) is 17.1. The molecule has 4 nitrogen and oxygen atoms in total. The van der Waals surface area contributed by atoms with Crippen LogP contribution in [0.2, 0.25) is 0 Å². The summed E-state index contributed by atoms with van der Waals surface area (Å²) in [7, 11) is 0. The van der Waals surface area contributed by atoms with Crippen LogP contribution in [-0.2, 0) is 0 Å². The van der Waals surface area contributed by atoms with Crippen LogP contribution in [0.3, 0.4) is 0 Å². The summed E-state index contributed by atoms with van der Waals surface area (Å²) in [4.78, 5) is 9.90. The predicted molar refractivity (Wildman–Crippen MR) is 233 cm³/mol. The lowest BCUT2D eigenvalue weighted by Crippen LogP contribution is -2.56. The Morgan fingerprint density at radius 2 is 0.556 bits per heavy atom. The van der Waals surface area contributed by atoms with Crippen molar-refractivity contribution in [2.75, 3.05) is 45.4 Å². The van der Waals surface area contributed by atoms with Crippen molar-refractivity contribution >= 4 is 47.6 Å². The van der Waals surface area contributed by atoms with Gasteiger partial charge in [-0.15, -0.1) is 0 Å². The molecule has 0 amide bonds. The lowest BCUT2D eigenvalue weighted by Gasteiger charge is -2.28. The summed E-state index contributed by atoms with van der Waals surface area (Å²) in [5.41, 5.74) is 12.1. The first-order chi connectivity index (χ1) is 26.6. The number of anilines is 4. The molecule has 0 spiro atoms. The highest BCUT2D eigenvalue weighted by Gasteiger charge is 2.41. The molecule has 6 heteroatoms. The minimum absolute atomic E-state index is 0.244. The van der Waals surface area contributed by atoms with E-state index in [9.17, 15) is 0 Å². The molecule has 0 N–H and O–H groups in total. The summed E-state index contributed by atoms with van der Waals surface area (Å²) in [5.74, 6) is 13.0. The largest absolute Gasteiger partial charge is 0.411 e. The quantitative estimate of drug-likeness (QED) is 0.128. The normalized spacial score (nSPS) is 12.6. The molecule has 6 aromatic rings. The minimum Gasteiger partial charge on any atom is -0.391 e. The van der Waals surface area contributed by atoms with Gasteiger partial charge >= 0.3 is 14.0 Å². The van der Waals surface area contributed by atoms with Crippen LogP contribution in [0.1, 0.15) is 49.9 Å². The Balaban J connectivity index is 0.000000167. The van der Waals surface area contributed by atoms with Crippen LogP contribution in [0.15, 0.2) is 158 Å². The van der Waals surface area contributed by atoms with Gasteiger partial charge in [0.1, 0.15) is 0 Å². The maximum absolute atomic E-state index is 3.27. The van der Waals surface area contributed by atoms with Gasteiger partial charge in [-0.1, -0.05) is 109 Å². The van der Waals surface area contributed by atoms with Crippen molar-refractivity contribution in [2.24, 2.45) is 0 Å². The summed E-state index contributed by atoms with van der Waals surface area (Å²) in [6.45, 7) is 13.3. The van der Waals surface area contributed by atoms with Crippen LogP contribution in [0.4, 0.5) is 22.7 Å². The molecule has 0 saturated carbocycles. The highest BCUT2D eigenvalue weighted by atomic mass is 15.3. The third-order valence-electron chi connectivity index (χ3n) is 10.2. The van der Waals surface area contributed by atoms with E-state index in [2.05, 4.69) is 168 Å². The van der Waals surface area contributed by atoms with E-state index < -0.39 is 0 Å². The van der Waals surface area contributed by atoms with E-state index in [1.807, 2.05) is 60.7 Å². The third-order valence-corrected chi connectivity index (χ3v) is 10.2. The van der Waals surface area contributed by atoms with Crippen molar-refractivity contribution in [1.29, 1.82) is 0 Å². The van der Waals surface area contributed by atoms with Gasteiger partial charge in [0, 0.05) is 71.2 Å². The van der Waals surface area contributed by atoms with Crippen LogP contribution in [-0.4, -0.2) is 40.1 Å². The van der Waals surface area contributed by atoms with Gasteiger partial charge in [0.2, 0.25) is 0 Å². The van der Waals surface area contributed by atoms with Crippen LogP contribution in [0.5, 0.6) is 0 Å². The van der Waals surface area contributed by atoms with Gasteiger partial charge < -0.3 is 19.2 Å². The number of hydrogen-bond donors (Lipinski definition) is 0. The molecule has 0 fully saturated rings. The molecule has 0 aromatic heterocycles. The number of rotatable bonds is 6. The van der Waals surface area contributed by atoms with Crippen molar-refractivity contribution in [3.05, 3.63) is 180 Å². The number of fused-ring (bicyclic) bond motifs is 2. The first-order valence-corrected chi connectivity index (χ1v) is 19.2. The fourth-order valence-corrected chi connectivity index (χ4v) is 7.67. The van der Waals surface area contributed by atoms with E-state index >= 15 is 0 Å². The van der Waals surface area contributed by atoms with Gasteiger partial charge in [-0.25, -0.2) is 0 Å². The van der Waals surface area contributed by atoms with Crippen LogP contribution in [0.25, 0.3) is 0 Å². The van der Waals surface area contributed by atoms with Gasteiger partial charge in [0.25, 0.3) is 0 Å². The zero-order valence-electron chi connectivity index (χ0n) is 31.8. The molecule has 8 rings (SSSR count). The maximum Gasteiger partial charge on any atom is 0.411 e. The minimum atomic E-state index is 0.244. The number of para-hydroxylation sites is 4. The highest BCUT2D eigenvalue weighted by molar-refractivity contribution is 6.82. The van der Waals surface area contributed by atoms with Crippen LogP contribution >= 0.6 is 0 Å². The Morgan fingerprint density at radius 3 is 0.815 bits per heavy atom. The lowest BCUT2D eigenvalue weighted by atomic mass is 9.65. The molecule has 2 heterocycles. The molecule has 6 aromatic carbocycles. The van der Waals surface area contributed by atoms with Gasteiger partial charge in [-0.05, 0) is 111 Å². The molecule has 0 aliphatic carbocycles. The zero-order chi connectivity index (χ0) is 37.3. The third kappa shape index (κ3) is 7.61. The number of hydrogen-bond acceptors (Lipinski definition) is 4. The van der Waals surface area contributed by atoms with E-state index in [0.717, 1.165) is 48.4 Å². The zero-order valence-corrected chi connectivity index (χ0v) is 31.8. The molecule has 54 heavy (non-hydrogen) atoms. The van der Waals surface area contributed by atoms with E-state index in [4.69, 9.17) is 0 Å². The second-order valence-corrected chi connectivity index (χ2v) is 13.3. The summed E-state index contributed by atoms with van der Waals surface area (Å²) < 4.78 is 0. The smallest absolute Gasteiger partial charge is 0.391 e. The van der Waals surface area contributed by atoms with Crippen LogP contribution < -0.4 is 30.2 Å². The van der Waals surface area contributed by atoms with Crippen molar-refractivity contribution in [3.8, 4) is 23.7 Å². The molecule has 264 valence electrons. The molecule has 0 saturated heterocycles. The molecule has 0 atom stereocenters. The van der Waals surface area contributed by atoms with E-state index in [0.29, 0.717) is 0 Å². The summed E-state index contributed by atoms with van der Waals surface area (Å²) >= 11 is 0. The Hall–Kier alpha value is -6.23. The van der Waals surface area contributed by atoms with E-state index in [-0.39, 0.29) is 14.0 Å². The first-order valence-electron chi connectivity index (χ1n) is 19.2. The van der Waals surface area contributed by atoms with Gasteiger partial charge in [0.05, 0.1) is 0 Å². The maximum atomic E-state index is 3.27. The Morgan fingerprint density at radius 1 is 0.315 bits per heavy atom. The lowest BCUT2D eigenvalue weighted by molar-refractivity contribution is 1.06. The SMILES string of the molecule is CCN1B(c2ccc(C#Cc3ccccc3)cc2)N(CC)c2ccccc21.CCN1B(c2ccc(C#Cc3ccccc3)cc2)N(CC)c2ccccc21.